The molecule has 1 amide bonds. The summed E-state index contributed by atoms with van der Waals surface area (Å²) in [6.07, 6.45) is 0. The zero-order valence-electron chi connectivity index (χ0n) is 14.0. The first-order valence-corrected chi connectivity index (χ1v) is 7.52. The monoisotopic (exact) mass is 310 g/mol. The Kier molecular flexibility index (Phi) is 5.16. The molecule has 0 spiro atoms. The van der Waals surface area contributed by atoms with Gasteiger partial charge in [-0.3, -0.25) is 9.59 Å². The Hall–Kier alpha value is -2.62. The molecule has 0 aliphatic carbocycles. The molecule has 0 saturated heterocycles. The molecule has 0 atom stereocenters. The van der Waals surface area contributed by atoms with Crippen LogP contribution in [0.1, 0.15) is 33.2 Å². The summed E-state index contributed by atoms with van der Waals surface area (Å²) in [4.78, 5) is 28.0. The molecule has 0 fully saturated rings. The highest BCUT2D eigenvalue weighted by Gasteiger charge is 2.17. The molecule has 4 heteroatoms. The van der Waals surface area contributed by atoms with Gasteiger partial charge in [-0.2, -0.15) is 0 Å². The van der Waals surface area contributed by atoms with Crippen LogP contribution >= 0.6 is 0 Å². The maximum atomic E-state index is 12.7. The molecule has 0 aliphatic heterocycles. The van der Waals surface area contributed by atoms with Crippen LogP contribution in [0.25, 0.3) is 0 Å². The lowest BCUT2D eigenvalue weighted by atomic mass is 10.0. The molecule has 0 saturated carbocycles. The minimum atomic E-state index is -0.147. The van der Waals surface area contributed by atoms with Gasteiger partial charge in [0.2, 0.25) is 0 Å². The van der Waals surface area contributed by atoms with Crippen LogP contribution in [0.4, 0.5) is 5.69 Å². The van der Waals surface area contributed by atoms with E-state index in [9.17, 15) is 9.59 Å². The lowest BCUT2D eigenvalue weighted by Crippen LogP contribution is -2.27. The number of ketones is 1. The fraction of sp³-hybridized carbons (Fsp3) is 0.263. The first kappa shape index (κ1) is 16.7. The molecule has 120 valence electrons. The van der Waals surface area contributed by atoms with E-state index < -0.39 is 0 Å². The first-order chi connectivity index (χ1) is 10.9. The number of hydrogen-bond donors (Lipinski definition) is 0. The second-order valence-corrected chi connectivity index (χ2v) is 5.83. The summed E-state index contributed by atoms with van der Waals surface area (Å²) >= 11 is 0. The lowest BCUT2D eigenvalue weighted by Gasteiger charge is -2.20. The number of nitrogens with zero attached hydrogens (tertiary/aromatic N) is 2. The van der Waals surface area contributed by atoms with Gasteiger partial charge in [0.15, 0.2) is 5.78 Å². The minimum absolute atomic E-state index is 0.100. The summed E-state index contributed by atoms with van der Waals surface area (Å²) < 4.78 is 0. The van der Waals surface area contributed by atoms with Crippen molar-refractivity contribution in [2.45, 2.75) is 13.5 Å². The van der Waals surface area contributed by atoms with Crippen LogP contribution in [-0.4, -0.2) is 37.7 Å². The second kappa shape index (κ2) is 7.09. The first-order valence-electron chi connectivity index (χ1n) is 7.52. The molecule has 4 nitrogen and oxygen atoms in total. The van der Waals surface area contributed by atoms with E-state index in [0.29, 0.717) is 17.7 Å². The molecule has 2 aromatic rings. The van der Waals surface area contributed by atoms with E-state index in [1.54, 1.807) is 36.2 Å². The van der Waals surface area contributed by atoms with Crippen LogP contribution in [0.2, 0.25) is 0 Å². The van der Waals surface area contributed by atoms with Crippen molar-refractivity contribution in [1.29, 1.82) is 0 Å². The summed E-state index contributed by atoms with van der Waals surface area (Å²) in [7, 11) is 5.72. The highest BCUT2D eigenvalue weighted by molar-refractivity contribution is 6.07. The van der Waals surface area contributed by atoms with Gasteiger partial charge < -0.3 is 9.80 Å². The number of carbonyl (C=O) groups excluding carboxylic acids is 2. The van der Waals surface area contributed by atoms with E-state index in [-0.39, 0.29) is 11.7 Å². The van der Waals surface area contributed by atoms with Crippen LogP contribution in [0, 0.1) is 0 Å². The van der Waals surface area contributed by atoms with Crippen molar-refractivity contribution in [3.63, 3.8) is 0 Å². The summed E-state index contributed by atoms with van der Waals surface area (Å²) in [5.41, 5.74) is 3.05. The average Bonchev–Trinajstić information content (AvgIpc) is 2.54. The number of anilines is 1. The minimum Gasteiger partial charge on any atom is -0.378 e. The third kappa shape index (κ3) is 3.97. The maximum absolute atomic E-state index is 12.7. The fourth-order valence-corrected chi connectivity index (χ4v) is 2.46. The van der Waals surface area contributed by atoms with Gasteiger partial charge in [0.05, 0.1) is 5.56 Å². The molecule has 0 aromatic heterocycles. The maximum Gasteiger partial charge on any atom is 0.254 e. The summed E-state index contributed by atoms with van der Waals surface area (Å²) in [6, 6.07) is 15.0. The van der Waals surface area contributed by atoms with Crippen molar-refractivity contribution in [3.8, 4) is 0 Å². The molecule has 2 aromatic carbocycles. The number of benzene rings is 2. The Bertz CT molecular complexity index is 723. The van der Waals surface area contributed by atoms with Gasteiger partial charge in [0.25, 0.3) is 5.91 Å². The molecule has 0 aliphatic rings. The van der Waals surface area contributed by atoms with Gasteiger partial charge in [0.1, 0.15) is 0 Å². The Morgan fingerprint density at radius 3 is 2.17 bits per heavy atom. The van der Waals surface area contributed by atoms with Crippen LogP contribution < -0.4 is 4.90 Å². The Morgan fingerprint density at radius 2 is 1.57 bits per heavy atom. The van der Waals surface area contributed by atoms with Crippen LogP contribution in [0.5, 0.6) is 0 Å². The molecule has 0 radical (unpaired) electrons. The van der Waals surface area contributed by atoms with E-state index in [4.69, 9.17) is 0 Å². The van der Waals surface area contributed by atoms with Crippen molar-refractivity contribution in [3.05, 3.63) is 65.2 Å². The van der Waals surface area contributed by atoms with Gasteiger partial charge in [-0.05, 0) is 30.7 Å². The van der Waals surface area contributed by atoms with Crippen molar-refractivity contribution >= 4 is 17.4 Å². The van der Waals surface area contributed by atoms with Crippen molar-refractivity contribution in [2.24, 2.45) is 0 Å². The Labute approximate surface area is 137 Å². The third-order valence-electron chi connectivity index (χ3n) is 3.73. The van der Waals surface area contributed by atoms with Gasteiger partial charge in [-0.15, -0.1) is 0 Å². The topological polar surface area (TPSA) is 40.6 Å². The molecule has 0 bridgehead atoms. The molecular weight excluding hydrogens is 288 g/mol. The molecule has 23 heavy (non-hydrogen) atoms. The third-order valence-corrected chi connectivity index (χ3v) is 3.73. The normalized spacial score (nSPS) is 10.3. The van der Waals surface area contributed by atoms with E-state index in [0.717, 1.165) is 11.3 Å². The van der Waals surface area contributed by atoms with Crippen molar-refractivity contribution in [2.75, 3.05) is 26.0 Å². The Balaban J connectivity index is 2.21. The average molecular weight is 310 g/mol. The number of carbonyl (C=O) groups is 2. The largest absolute Gasteiger partial charge is 0.378 e. The van der Waals surface area contributed by atoms with E-state index >= 15 is 0 Å². The SMILES string of the molecule is CC(=O)c1ccccc1C(=O)N(C)Cc1cccc(N(C)C)c1. The van der Waals surface area contributed by atoms with E-state index in [1.165, 1.54) is 6.92 Å². The fourth-order valence-electron chi connectivity index (χ4n) is 2.46. The summed E-state index contributed by atoms with van der Waals surface area (Å²) in [5, 5.41) is 0. The van der Waals surface area contributed by atoms with Crippen LogP contribution in [0.15, 0.2) is 48.5 Å². The van der Waals surface area contributed by atoms with E-state index in [1.807, 2.05) is 37.2 Å². The van der Waals surface area contributed by atoms with E-state index in [2.05, 4.69) is 6.07 Å². The molecule has 0 unspecified atom stereocenters. The summed E-state index contributed by atoms with van der Waals surface area (Å²) in [6.45, 7) is 1.97. The predicted molar refractivity (Wildman–Crippen MR) is 93.0 cm³/mol. The number of rotatable bonds is 5. The van der Waals surface area contributed by atoms with Gasteiger partial charge in [-0.25, -0.2) is 0 Å². The molecule has 2 rings (SSSR count). The smallest absolute Gasteiger partial charge is 0.254 e. The molecule has 0 N–H and O–H groups in total. The van der Waals surface area contributed by atoms with Gasteiger partial charge in [0, 0.05) is 38.9 Å². The number of hydrogen-bond acceptors (Lipinski definition) is 3. The lowest BCUT2D eigenvalue weighted by molar-refractivity contribution is 0.0780. The zero-order valence-corrected chi connectivity index (χ0v) is 14.0. The predicted octanol–water partition coefficient (Wildman–Crippen LogP) is 3.23. The van der Waals surface area contributed by atoms with Gasteiger partial charge >= 0.3 is 0 Å². The quantitative estimate of drug-likeness (QED) is 0.796. The standard InChI is InChI=1S/C19H22N2O2/c1-14(22)17-10-5-6-11-18(17)19(23)21(4)13-15-8-7-9-16(12-15)20(2)3/h5-12H,13H2,1-4H3. The van der Waals surface area contributed by atoms with Crippen LogP contribution in [-0.2, 0) is 6.54 Å². The van der Waals surface area contributed by atoms with Gasteiger partial charge in [-0.1, -0.05) is 30.3 Å². The zero-order chi connectivity index (χ0) is 17.0. The second-order valence-electron chi connectivity index (χ2n) is 5.83. The molecule has 0 heterocycles. The summed E-state index contributed by atoms with van der Waals surface area (Å²) in [5.74, 6) is -0.247. The van der Waals surface area contributed by atoms with Crippen molar-refractivity contribution in [1.82, 2.24) is 4.90 Å². The van der Waals surface area contributed by atoms with Crippen molar-refractivity contribution < 1.29 is 9.59 Å². The number of Topliss-reactive ketones (excluding diaryl/α,β-unsaturated/α-hetero) is 1. The highest BCUT2D eigenvalue weighted by atomic mass is 16.2. The highest BCUT2D eigenvalue weighted by Crippen LogP contribution is 2.17. The van der Waals surface area contributed by atoms with Crippen LogP contribution in [0.3, 0.4) is 0 Å². The Morgan fingerprint density at radius 1 is 0.913 bits per heavy atom. The molecular formula is C19H22N2O2. The number of amides is 1.